The second kappa shape index (κ2) is 8.76. The minimum atomic E-state index is -4.27. The lowest BCUT2D eigenvalue weighted by Crippen LogP contribution is -2.41. The summed E-state index contributed by atoms with van der Waals surface area (Å²) in [5.74, 6) is -1.46. The lowest BCUT2D eigenvalue weighted by molar-refractivity contribution is -0.117. The molecule has 0 aromatic heterocycles. The first-order valence-corrected chi connectivity index (χ1v) is 11.5. The number of hydrogen-bond acceptors (Lipinski definition) is 6. The van der Waals surface area contributed by atoms with Gasteiger partial charge in [0.2, 0.25) is 26.0 Å². The molecule has 1 amide bonds. The number of nitrogens with one attached hydrogen (secondary N) is 3. The normalized spacial score (nSPS) is 12.8. The highest BCUT2D eigenvalue weighted by Crippen LogP contribution is 2.28. The van der Waals surface area contributed by atoms with Crippen LogP contribution < -0.4 is 19.5 Å². The summed E-state index contributed by atoms with van der Waals surface area (Å²) >= 11 is 0. The van der Waals surface area contributed by atoms with Gasteiger partial charge in [-0.3, -0.25) is 9.52 Å². The molecule has 0 fully saturated rings. The smallest absolute Gasteiger partial charge is 0.244 e. The average molecular weight is 445 g/mol. The van der Waals surface area contributed by atoms with Crippen molar-refractivity contribution in [2.24, 2.45) is 0 Å². The van der Waals surface area contributed by atoms with Crippen LogP contribution in [-0.4, -0.2) is 42.2 Å². The largest absolute Gasteiger partial charge is 0.495 e. The van der Waals surface area contributed by atoms with Gasteiger partial charge >= 0.3 is 0 Å². The van der Waals surface area contributed by atoms with Crippen molar-refractivity contribution in [1.82, 2.24) is 4.72 Å². The van der Waals surface area contributed by atoms with E-state index in [1.165, 1.54) is 44.4 Å². The number of anilines is 2. The molecule has 158 valence electrons. The fraction of sp³-hybridized carbons (Fsp3) is 0.235. The Balaban J connectivity index is 2.17. The number of halogens is 1. The molecule has 0 saturated carbocycles. The van der Waals surface area contributed by atoms with Crippen LogP contribution in [0.5, 0.6) is 5.75 Å². The standard InChI is InChI=1S/C17H20FN3O6S2/c1-11(20-29(25,26)16-7-5-4-6-13(16)18)17(22)19-12-8-9-15(27-2)14(10-12)21-28(3,23)24/h4-11,20-21H,1-3H3,(H,19,22)/t11-/m0/s1. The lowest BCUT2D eigenvalue weighted by Gasteiger charge is -2.16. The third kappa shape index (κ3) is 6.14. The highest BCUT2D eigenvalue weighted by Gasteiger charge is 2.24. The number of sulfonamides is 2. The van der Waals surface area contributed by atoms with E-state index < -0.39 is 42.7 Å². The number of benzene rings is 2. The van der Waals surface area contributed by atoms with Gasteiger partial charge in [-0.1, -0.05) is 12.1 Å². The molecule has 3 N–H and O–H groups in total. The van der Waals surface area contributed by atoms with Gasteiger partial charge in [0.1, 0.15) is 16.5 Å². The number of ether oxygens (including phenoxy) is 1. The molecule has 0 unspecified atom stereocenters. The Morgan fingerprint density at radius 2 is 1.76 bits per heavy atom. The van der Waals surface area contributed by atoms with Crippen molar-refractivity contribution >= 4 is 37.3 Å². The predicted octanol–water partition coefficient (Wildman–Crippen LogP) is 1.51. The third-order valence-corrected chi connectivity index (χ3v) is 5.78. The van der Waals surface area contributed by atoms with Crippen molar-refractivity contribution in [3.63, 3.8) is 0 Å². The summed E-state index contributed by atoms with van der Waals surface area (Å²) < 4.78 is 70.7. The maximum absolute atomic E-state index is 13.7. The summed E-state index contributed by atoms with van der Waals surface area (Å²) in [5, 5.41) is 2.46. The zero-order valence-electron chi connectivity index (χ0n) is 15.8. The van der Waals surface area contributed by atoms with Gasteiger partial charge in [-0.05, 0) is 37.3 Å². The van der Waals surface area contributed by atoms with Gasteiger partial charge in [0, 0.05) is 5.69 Å². The first-order chi connectivity index (χ1) is 13.4. The Labute approximate surface area is 168 Å². The van der Waals surface area contributed by atoms with Crippen LogP contribution in [0.3, 0.4) is 0 Å². The number of rotatable bonds is 8. The van der Waals surface area contributed by atoms with Crippen LogP contribution in [0.15, 0.2) is 47.4 Å². The molecule has 0 radical (unpaired) electrons. The molecule has 0 bridgehead atoms. The molecule has 0 saturated heterocycles. The van der Waals surface area contributed by atoms with Gasteiger partial charge in [0.05, 0.1) is 25.1 Å². The molecular weight excluding hydrogens is 425 g/mol. The van der Waals surface area contributed by atoms with Crippen LogP contribution in [-0.2, 0) is 24.8 Å². The molecule has 0 aliphatic carbocycles. The van der Waals surface area contributed by atoms with Crippen LogP contribution in [0.1, 0.15) is 6.92 Å². The summed E-state index contributed by atoms with van der Waals surface area (Å²) in [7, 11) is -6.52. The minimum Gasteiger partial charge on any atom is -0.495 e. The maximum Gasteiger partial charge on any atom is 0.244 e. The van der Waals surface area contributed by atoms with Crippen LogP contribution in [0.4, 0.5) is 15.8 Å². The van der Waals surface area contributed by atoms with Crippen molar-refractivity contribution in [2.45, 2.75) is 17.9 Å². The topological polar surface area (TPSA) is 131 Å². The quantitative estimate of drug-likeness (QED) is 0.565. The molecule has 2 aromatic rings. The first-order valence-electron chi connectivity index (χ1n) is 8.16. The van der Waals surface area contributed by atoms with Gasteiger partial charge in [-0.15, -0.1) is 0 Å². The van der Waals surface area contributed by atoms with E-state index in [4.69, 9.17) is 4.74 Å². The molecule has 0 aliphatic heterocycles. The molecule has 12 heteroatoms. The predicted molar refractivity (Wildman–Crippen MR) is 106 cm³/mol. The summed E-state index contributed by atoms with van der Waals surface area (Å²) in [6.07, 6.45) is 0.956. The molecule has 0 aliphatic rings. The summed E-state index contributed by atoms with van der Waals surface area (Å²) in [6.45, 7) is 1.28. The van der Waals surface area contributed by atoms with Crippen molar-refractivity contribution in [3.8, 4) is 5.75 Å². The van der Waals surface area contributed by atoms with Crippen LogP contribution in [0, 0.1) is 5.82 Å². The Morgan fingerprint density at radius 1 is 1.10 bits per heavy atom. The zero-order chi connectivity index (χ0) is 21.8. The van der Waals surface area contributed by atoms with E-state index in [2.05, 4.69) is 14.8 Å². The van der Waals surface area contributed by atoms with Crippen LogP contribution >= 0.6 is 0 Å². The lowest BCUT2D eigenvalue weighted by atomic mass is 10.2. The van der Waals surface area contributed by atoms with E-state index >= 15 is 0 Å². The van der Waals surface area contributed by atoms with Gasteiger partial charge in [0.15, 0.2) is 0 Å². The van der Waals surface area contributed by atoms with Crippen molar-refractivity contribution in [3.05, 3.63) is 48.3 Å². The molecule has 2 aromatic carbocycles. The van der Waals surface area contributed by atoms with Crippen LogP contribution in [0.2, 0.25) is 0 Å². The molecular formula is C17H20FN3O6S2. The molecule has 9 nitrogen and oxygen atoms in total. The molecule has 0 spiro atoms. The van der Waals surface area contributed by atoms with Gasteiger partial charge in [-0.2, -0.15) is 4.72 Å². The van der Waals surface area contributed by atoms with Crippen molar-refractivity contribution < 1.29 is 30.8 Å². The van der Waals surface area contributed by atoms with E-state index in [0.29, 0.717) is 0 Å². The second-order valence-corrected chi connectivity index (χ2v) is 9.48. The zero-order valence-corrected chi connectivity index (χ0v) is 17.4. The van der Waals surface area contributed by atoms with E-state index in [-0.39, 0.29) is 17.1 Å². The van der Waals surface area contributed by atoms with Crippen molar-refractivity contribution in [1.29, 1.82) is 0 Å². The Hall–Kier alpha value is -2.70. The Morgan fingerprint density at radius 3 is 2.34 bits per heavy atom. The molecule has 2 rings (SSSR count). The number of hydrogen-bond donors (Lipinski definition) is 3. The summed E-state index contributed by atoms with van der Waals surface area (Å²) in [4.78, 5) is 11.8. The SMILES string of the molecule is COc1ccc(NC(=O)[C@H](C)NS(=O)(=O)c2ccccc2F)cc1NS(C)(=O)=O. The monoisotopic (exact) mass is 445 g/mol. The van der Waals surface area contributed by atoms with Crippen LogP contribution in [0.25, 0.3) is 0 Å². The highest BCUT2D eigenvalue weighted by molar-refractivity contribution is 7.92. The fourth-order valence-electron chi connectivity index (χ4n) is 2.33. The van der Waals surface area contributed by atoms with Gasteiger partial charge in [-0.25, -0.2) is 21.2 Å². The van der Waals surface area contributed by atoms with E-state index in [9.17, 15) is 26.0 Å². The minimum absolute atomic E-state index is 0.0902. The number of carbonyl (C=O) groups is 1. The van der Waals surface area contributed by atoms with E-state index in [0.717, 1.165) is 18.4 Å². The molecule has 1 atom stereocenters. The Bertz CT molecular complexity index is 1120. The Kier molecular flexibility index (Phi) is 6.82. The fourth-order valence-corrected chi connectivity index (χ4v) is 4.17. The molecule has 0 heterocycles. The first kappa shape index (κ1) is 22.6. The van der Waals surface area contributed by atoms with E-state index in [1.54, 1.807) is 0 Å². The summed E-state index contributed by atoms with van der Waals surface area (Å²) in [5.41, 5.74) is 0.284. The highest BCUT2D eigenvalue weighted by atomic mass is 32.2. The van der Waals surface area contributed by atoms with Gasteiger partial charge < -0.3 is 10.1 Å². The number of methoxy groups -OCH3 is 1. The van der Waals surface area contributed by atoms with Crippen molar-refractivity contribution in [2.75, 3.05) is 23.4 Å². The summed E-state index contributed by atoms with van der Waals surface area (Å²) in [6, 6.07) is 7.72. The number of carbonyl (C=O) groups excluding carboxylic acids is 1. The third-order valence-electron chi connectivity index (χ3n) is 3.61. The number of amides is 1. The molecule has 29 heavy (non-hydrogen) atoms. The average Bonchev–Trinajstić information content (AvgIpc) is 2.60. The second-order valence-electron chi connectivity index (χ2n) is 6.05. The maximum atomic E-state index is 13.7. The van der Waals surface area contributed by atoms with E-state index in [1.807, 2.05) is 0 Å². The van der Waals surface area contributed by atoms with Gasteiger partial charge in [0.25, 0.3) is 0 Å².